The first kappa shape index (κ1) is 17.6. The van der Waals surface area contributed by atoms with Crippen LogP contribution in [0.4, 0.5) is 13.2 Å². The van der Waals surface area contributed by atoms with Crippen molar-refractivity contribution in [3.05, 3.63) is 39.5 Å². The smallest absolute Gasteiger partial charge is 0.235 e. The third-order valence-corrected chi connectivity index (χ3v) is 4.31. The third kappa shape index (κ3) is 3.44. The number of benzene rings is 1. The summed E-state index contributed by atoms with van der Waals surface area (Å²) in [5, 5.41) is 11.3. The molecule has 0 N–H and O–H groups in total. The van der Waals surface area contributed by atoms with Crippen molar-refractivity contribution >= 4 is 33.0 Å². The van der Waals surface area contributed by atoms with Gasteiger partial charge in [0.05, 0.1) is 21.8 Å². The van der Waals surface area contributed by atoms with E-state index in [9.17, 15) is 21.6 Å². The minimum atomic E-state index is -4.65. The zero-order valence-corrected chi connectivity index (χ0v) is 13.5. The van der Waals surface area contributed by atoms with Crippen LogP contribution in [-0.4, -0.2) is 24.5 Å². The maximum Gasteiger partial charge on any atom is 0.416 e. The molecule has 122 valence electrons. The Bertz CT molecular complexity index is 907. The molecule has 0 unspecified atom stereocenters. The van der Waals surface area contributed by atoms with Gasteiger partial charge in [0.25, 0.3) is 0 Å². The summed E-state index contributed by atoms with van der Waals surface area (Å²) in [6.45, 7) is 0. The Kier molecular flexibility index (Phi) is 4.36. The molecule has 0 radical (unpaired) electrons. The Balaban J connectivity index is 2.70. The van der Waals surface area contributed by atoms with Crippen molar-refractivity contribution in [1.82, 2.24) is 9.78 Å². The molecule has 0 aliphatic rings. The first-order valence-corrected chi connectivity index (χ1v) is 8.36. The van der Waals surface area contributed by atoms with E-state index >= 15 is 0 Å². The standard InChI is InChI=1S/C12H6Cl2F3N3O2S/c1-23(21,22)11-6(4-18)5-20(19-11)10-8(13)2-7(3-9(10)14)12(15,16)17/h2-3,5H,1H3. The predicted molar refractivity (Wildman–Crippen MR) is 76.4 cm³/mol. The summed E-state index contributed by atoms with van der Waals surface area (Å²) >= 11 is 11.6. The molecule has 1 heterocycles. The van der Waals surface area contributed by atoms with Crippen molar-refractivity contribution in [2.75, 3.05) is 6.26 Å². The highest BCUT2D eigenvalue weighted by Gasteiger charge is 2.32. The Morgan fingerprint density at radius 1 is 1.26 bits per heavy atom. The van der Waals surface area contributed by atoms with Crippen LogP contribution in [0.15, 0.2) is 23.4 Å². The Labute approximate surface area is 138 Å². The Morgan fingerprint density at radius 2 is 1.78 bits per heavy atom. The molecule has 1 aromatic heterocycles. The van der Waals surface area contributed by atoms with Gasteiger partial charge in [0.2, 0.25) is 0 Å². The fourth-order valence-corrected chi connectivity index (χ4v) is 3.17. The van der Waals surface area contributed by atoms with Crippen LogP contribution in [0.25, 0.3) is 5.69 Å². The summed E-state index contributed by atoms with van der Waals surface area (Å²) in [4.78, 5) is 0. The van der Waals surface area contributed by atoms with E-state index in [-0.39, 0.29) is 11.3 Å². The lowest BCUT2D eigenvalue weighted by Gasteiger charge is -2.12. The molecule has 1 aromatic carbocycles. The molecular formula is C12H6Cl2F3N3O2S. The quantitative estimate of drug-likeness (QED) is 0.795. The lowest BCUT2D eigenvalue weighted by Crippen LogP contribution is -2.07. The predicted octanol–water partition coefficient (Wildman–Crippen LogP) is 3.47. The summed E-state index contributed by atoms with van der Waals surface area (Å²) in [5.74, 6) is 0. The molecule has 5 nitrogen and oxygen atoms in total. The van der Waals surface area contributed by atoms with Gasteiger partial charge in [0.1, 0.15) is 17.3 Å². The van der Waals surface area contributed by atoms with Crippen molar-refractivity contribution < 1.29 is 21.6 Å². The average molecular weight is 384 g/mol. The monoisotopic (exact) mass is 383 g/mol. The van der Waals surface area contributed by atoms with E-state index in [1.54, 1.807) is 6.07 Å². The highest BCUT2D eigenvalue weighted by atomic mass is 35.5. The average Bonchev–Trinajstić information content (AvgIpc) is 2.80. The summed E-state index contributed by atoms with van der Waals surface area (Å²) in [6, 6.07) is 2.91. The van der Waals surface area contributed by atoms with Gasteiger partial charge < -0.3 is 0 Å². The number of rotatable bonds is 2. The largest absolute Gasteiger partial charge is 0.416 e. The lowest BCUT2D eigenvalue weighted by atomic mass is 10.2. The molecule has 0 fully saturated rings. The zero-order valence-electron chi connectivity index (χ0n) is 11.2. The van der Waals surface area contributed by atoms with E-state index in [0.29, 0.717) is 12.1 Å². The van der Waals surface area contributed by atoms with Crippen molar-refractivity contribution in [2.24, 2.45) is 0 Å². The fourth-order valence-electron chi connectivity index (χ4n) is 1.77. The fraction of sp³-hybridized carbons (Fsp3) is 0.167. The Morgan fingerprint density at radius 3 is 2.13 bits per heavy atom. The van der Waals surface area contributed by atoms with Crippen molar-refractivity contribution in [3.63, 3.8) is 0 Å². The molecule has 0 amide bonds. The van der Waals surface area contributed by atoms with E-state index in [1.165, 1.54) is 0 Å². The van der Waals surface area contributed by atoms with Gasteiger partial charge in [-0.1, -0.05) is 23.2 Å². The number of aromatic nitrogens is 2. The molecule has 0 atom stereocenters. The van der Waals surface area contributed by atoms with E-state index < -0.39 is 36.6 Å². The van der Waals surface area contributed by atoms with Gasteiger partial charge in [-0.15, -0.1) is 0 Å². The van der Waals surface area contributed by atoms with Crippen LogP contribution in [0.3, 0.4) is 0 Å². The molecule has 0 saturated carbocycles. The summed E-state index contributed by atoms with van der Waals surface area (Å²) in [5.41, 5.74) is -1.50. The maximum atomic E-state index is 12.7. The van der Waals surface area contributed by atoms with Gasteiger partial charge in [-0.3, -0.25) is 0 Å². The molecule has 0 saturated heterocycles. The van der Waals surface area contributed by atoms with Crippen molar-refractivity contribution in [1.29, 1.82) is 5.26 Å². The molecule has 0 bridgehead atoms. The molecule has 0 aliphatic heterocycles. The first-order valence-electron chi connectivity index (χ1n) is 5.71. The number of nitriles is 1. The zero-order chi connectivity index (χ0) is 17.6. The molecule has 0 aliphatic carbocycles. The maximum absolute atomic E-state index is 12.7. The normalized spacial score (nSPS) is 12.2. The van der Waals surface area contributed by atoms with Crippen LogP contribution < -0.4 is 0 Å². The molecule has 0 spiro atoms. The second-order valence-corrected chi connectivity index (χ2v) is 7.21. The van der Waals surface area contributed by atoms with Crippen molar-refractivity contribution in [3.8, 4) is 11.8 Å². The van der Waals surface area contributed by atoms with Crippen LogP contribution in [0.2, 0.25) is 10.0 Å². The van der Waals surface area contributed by atoms with Crippen LogP contribution >= 0.6 is 23.2 Å². The number of alkyl halides is 3. The topological polar surface area (TPSA) is 75.8 Å². The second kappa shape index (κ2) is 5.70. The highest BCUT2D eigenvalue weighted by Crippen LogP contribution is 2.37. The van der Waals surface area contributed by atoms with E-state index in [0.717, 1.165) is 17.1 Å². The molecule has 2 aromatic rings. The van der Waals surface area contributed by atoms with Crippen LogP contribution in [0, 0.1) is 11.3 Å². The van der Waals surface area contributed by atoms with Crippen LogP contribution in [0.5, 0.6) is 0 Å². The number of hydrogen-bond donors (Lipinski definition) is 0. The lowest BCUT2D eigenvalue weighted by molar-refractivity contribution is -0.137. The summed E-state index contributed by atoms with van der Waals surface area (Å²) in [6.07, 6.45) is -2.78. The number of nitrogens with zero attached hydrogens (tertiary/aromatic N) is 3. The molecule has 2 rings (SSSR count). The molecule has 23 heavy (non-hydrogen) atoms. The van der Waals surface area contributed by atoms with Crippen LogP contribution in [0.1, 0.15) is 11.1 Å². The van der Waals surface area contributed by atoms with Gasteiger partial charge in [-0.2, -0.15) is 23.5 Å². The number of halogens is 5. The number of sulfone groups is 1. The molecule has 11 heteroatoms. The highest BCUT2D eigenvalue weighted by molar-refractivity contribution is 7.90. The van der Waals surface area contributed by atoms with Gasteiger partial charge in [0, 0.05) is 6.26 Å². The van der Waals surface area contributed by atoms with E-state index in [1.807, 2.05) is 0 Å². The summed E-state index contributed by atoms with van der Waals surface area (Å²) < 4.78 is 62.1. The minimum absolute atomic E-state index is 0.160. The number of hydrogen-bond acceptors (Lipinski definition) is 4. The van der Waals surface area contributed by atoms with Crippen molar-refractivity contribution in [2.45, 2.75) is 11.2 Å². The van der Waals surface area contributed by atoms with Crippen LogP contribution in [-0.2, 0) is 16.0 Å². The minimum Gasteiger partial charge on any atom is -0.235 e. The first-order chi connectivity index (χ1) is 10.4. The second-order valence-electron chi connectivity index (χ2n) is 4.46. The third-order valence-electron chi connectivity index (χ3n) is 2.73. The van der Waals surface area contributed by atoms with Gasteiger partial charge in [-0.05, 0) is 12.1 Å². The van der Waals surface area contributed by atoms with E-state index in [4.69, 9.17) is 28.5 Å². The van der Waals surface area contributed by atoms with Gasteiger partial charge >= 0.3 is 6.18 Å². The van der Waals surface area contributed by atoms with Gasteiger partial charge in [0.15, 0.2) is 14.9 Å². The molecular weight excluding hydrogens is 378 g/mol. The van der Waals surface area contributed by atoms with Gasteiger partial charge in [-0.25, -0.2) is 13.1 Å². The van der Waals surface area contributed by atoms with E-state index in [2.05, 4.69) is 5.10 Å². The Hall–Kier alpha value is -1.76. The SMILES string of the molecule is CS(=O)(=O)c1nn(-c2c(Cl)cc(C(F)(F)F)cc2Cl)cc1C#N. The summed E-state index contributed by atoms with van der Waals surface area (Å²) in [7, 11) is -3.81.